The predicted octanol–water partition coefficient (Wildman–Crippen LogP) is 6.35. The molecule has 132 valence electrons. The summed E-state index contributed by atoms with van der Waals surface area (Å²) in [5, 5.41) is 2.56. The molecule has 0 atom stereocenters. The molecule has 1 aromatic heterocycles. The third-order valence-corrected chi connectivity index (χ3v) is 4.75. The monoisotopic (exact) mass is 371 g/mol. The summed E-state index contributed by atoms with van der Waals surface area (Å²) in [6.45, 7) is 4.16. The van der Waals surface area contributed by atoms with Crippen molar-refractivity contribution in [2.24, 2.45) is 0 Å². The summed E-state index contributed by atoms with van der Waals surface area (Å²) in [6.07, 6.45) is 4.17. The summed E-state index contributed by atoms with van der Waals surface area (Å²) < 4.78 is 0. The highest BCUT2D eigenvalue weighted by Gasteiger charge is 2.11. The van der Waals surface area contributed by atoms with Crippen LogP contribution in [0.5, 0.6) is 0 Å². The Bertz CT molecular complexity index is 1150. The largest absolute Gasteiger partial charge is 0.226 e. The number of aryl methyl sites for hydroxylation is 1. The van der Waals surface area contributed by atoms with Crippen molar-refractivity contribution in [3.8, 4) is 22.8 Å². The lowest BCUT2D eigenvalue weighted by Crippen LogP contribution is -1.97. The molecule has 0 fully saturated rings. The van der Waals surface area contributed by atoms with Gasteiger partial charge in [0, 0.05) is 11.1 Å². The Labute approximate surface area is 163 Å². The van der Waals surface area contributed by atoms with Crippen LogP contribution in [-0.4, -0.2) is 15.0 Å². The Kier molecular flexibility index (Phi) is 4.69. The van der Waals surface area contributed by atoms with Gasteiger partial charge in [0.1, 0.15) is 0 Å². The molecule has 0 radical (unpaired) electrons. The SMILES string of the molecule is CC=Cc1ccc2ccc(-c3nc(Cl)nc(-c4ccccc4)n3)cc2c1C. The molecule has 0 unspecified atom stereocenters. The number of hydrogen-bond acceptors (Lipinski definition) is 3. The highest BCUT2D eigenvalue weighted by Crippen LogP contribution is 2.28. The van der Waals surface area contributed by atoms with Gasteiger partial charge in [0.15, 0.2) is 11.6 Å². The second kappa shape index (κ2) is 7.29. The highest BCUT2D eigenvalue weighted by molar-refractivity contribution is 6.28. The lowest BCUT2D eigenvalue weighted by Gasteiger charge is -2.09. The normalized spacial score (nSPS) is 11.4. The molecule has 3 nitrogen and oxygen atoms in total. The molecular weight excluding hydrogens is 354 g/mol. The Morgan fingerprint density at radius 3 is 2.26 bits per heavy atom. The number of allylic oxidation sites excluding steroid dienone is 1. The van der Waals surface area contributed by atoms with Crippen molar-refractivity contribution in [3.05, 3.63) is 83.2 Å². The van der Waals surface area contributed by atoms with E-state index < -0.39 is 0 Å². The number of halogens is 1. The summed E-state index contributed by atoms with van der Waals surface area (Å²) in [6, 6.07) is 20.3. The molecule has 0 N–H and O–H groups in total. The van der Waals surface area contributed by atoms with Crippen molar-refractivity contribution in [3.63, 3.8) is 0 Å². The van der Waals surface area contributed by atoms with Crippen molar-refractivity contribution >= 4 is 28.4 Å². The summed E-state index contributed by atoms with van der Waals surface area (Å²) in [5.74, 6) is 1.15. The highest BCUT2D eigenvalue weighted by atomic mass is 35.5. The van der Waals surface area contributed by atoms with Gasteiger partial charge >= 0.3 is 0 Å². The predicted molar refractivity (Wildman–Crippen MR) is 113 cm³/mol. The Morgan fingerprint density at radius 2 is 1.52 bits per heavy atom. The quantitative estimate of drug-likeness (QED) is 0.421. The van der Waals surface area contributed by atoms with Crippen LogP contribution in [0.2, 0.25) is 5.28 Å². The minimum Gasteiger partial charge on any atom is -0.208 e. The van der Waals surface area contributed by atoms with E-state index in [1.807, 2.05) is 43.3 Å². The molecule has 0 aliphatic carbocycles. The molecule has 0 aliphatic heterocycles. The minimum atomic E-state index is 0.193. The Hall–Kier alpha value is -3.04. The smallest absolute Gasteiger partial charge is 0.208 e. The van der Waals surface area contributed by atoms with Crippen LogP contribution in [0, 0.1) is 6.92 Å². The maximum atomic E-state index is 6.19. The molecule has 0 amide bonds. The first-order chi connectivity index (χ1) is 13.2. The number of nitrogens with zero attached hydrogens (tertiary/aromatic N) is 3. The molecule has 1 heterocycles. The van der Waals surface area contributed by atoms with Gasteiger partial charge in [0.2, 0.25) is 5.28 Å². The van der Waals surface area contributed by atoms with Crippen LogP contribution in [0.4, 0.5) is 0 Å². The molecule has 3 aromatic carbocycles. The molecule has 0 saturated heterocycles. The lowest BCUT2D eigenvalue weighted by molar-refractivity contribution is 1.07. The van der Waals surface area contributed by atoms with E-state index in [1.54, 1.807) is 0 Å². The van der Waals surface area contributed by atoms with Gasteiger partial charge in [0.05, 0.1) is 0 Å². The van der Waals surface area contributed by atoms with Gasteiger partial charge in [-0.15, -0.1) is 0 Å². The minimum absolute atomic E-state index is 0.193. The Balaban J connectivity index is 1.87. The van der Waals surface area contributed by atoms with E-state index in [9.17, 15) is 0 Å². The Morgan fingerprint density at radius 1 is 0.815 bits per heavy atom. The molecule has 4 aromatic rings. The van der Waals surface area contributed by atoms with Gasteiger partial charge in [-0.2, -0.15) is 9.97 Å². The number of hydrogen-bond donors (Lipinski definition) is 0. The van der Waals surface area contributed by atoms with Crippen LogP contribution >= 0.6 is 11.6 Å². The molecule has 0 saturated carbocycles. The maximum absolute atomic E-state index is 6.19. The first-order valence-electron chi connectivity index (χ1n) is 8.79. The van der Waals surface area contributed by atoms with Crippen LogP contribution in [0.15, 0.2) is 66.7 Å². The number of aromatic nitrogens is 3. The van der Waals surface area contributed by atoms with E-state index in [4.69, 9.17) is 11.6 Å². The van der Waals surface area contributed by atoms with Crippen molar-refractivity contribution in [1.82, 2.24) is 15.0 Å². The van der Waals surface area contributed by atoms with Gasteiger partial charge in [-0.3, -0.25) is 0 Å². The standard InChI is InChI=1S/C23H18ClN3/c1-3-7-16-10-11-17-12-13-19(14-20(17)15(16)2)22-25-21(26-23(24)27-22)18-8-5-4-6-9-18/h3-14H,1-2H3. The summed E-state index contributed by atoms with van der Waals surface area (Å²) in [7, 11) is 0. The molecule has 27 heavy (non-hydrogen) atoms. The zero-order chi connectivity index (χ0) is 18.8. The number of rotatable bonds is 3. The van der Waals surface area contributed by atoms with Crippen LogP contribution in [0.3, 0.4) is 0 Å². The van der Waals surface area contributed by atoms with Gasteiger partial charge in [-0.1, -0.05) is 66.7 Å². The molecule has 4 rings (SSSR count). The molecular formula is C23H18ClN3. The van der Waals surface area contributed by atoms with Gasteiger partial charge < -0.3 is 0 Å². The fraction of sp³-hybridized carbons (Fsp3) is 0.0870. The molecule has 0 aliphatic rings. The zero-order valence-electron chi connectivity index (χ0n) is 15.1. The topological polar surface area (TPSA) is 38.7 Å². The first-order valence-corrected chi connectivity index (χ1v) is 9.17. The van der Waals surface area contributed by atoms with Crippen molar-refractivity contribution in [1.29, 1.82) is 0 Å². The number of benzene rings is 3. The zero-order valence-corrected chi connectivity index (χ0v) is 15.9. The van der Waals surface area contributed by atoms with Crippen molar-refractivity contribution in [2.75, 3.05) is 0 Å². The fourth-order valence-corrected chi connectivity index (χ4v) is 3.34. The van der Waals surface area contributed by atoms with Crippen molar-refractivity contribution in [2.45, 2.75) is 13.8 Å². The maximum Gasteiger partial charge on any atom is 0.226 e. The van der Waals surface area contributed by atoms with Crippen LogP contribution in [0.1, 0.15) is 18.1 Å². The van der Waals surface area contributed by atoms with Crippen LogP contribution in [0.25, 0.3) is 39.6 Å². The van der Waals surface area contributed by atoms with Gasteiger partial charge in [0.25, 0.3) is 0 Å². The number of fused-ring (bicyclic) bond motifs is 1. The molecule has 0 spiro atoms. The van der Waals surface area contributed by atoms with E-state index in [0.29, 0.717) is 11.6 Å². The van der Waals surface area contributed by atoms with E-state index >= 15 is 0 Å². The van der Waals surface area contributed by atoms with Gasteiger partial charge in [-0.05, 0) is 53.4 Å². The van der Waals surface area contributed by atoms with E-state index in [0.717, 1.165) is 11.1 Å². The van der Waals surface area contributed by atoms with Crippen LogP contribution in [-0.2, 0) is 0 Å². The average molecular weight is 372 g/mol. The van der Waals surface area contributed by atoms with Gasteiger partial charge in [-0.25, -0.2) is 4.98 Å². The summed E-state index contributed by atoms with van der Waals surface area (Å²) in [5.41, 5.74) is 4.27. The third kappa shape index (κ3) is 3.46. The van der Waals surface area contributed by atoms with E-state index in [2.05, 4.69) is 58.3 Å². The molecule has 0 bridgehead atoms. The third-order valence-electron chi connectivity index (χ3n) is 4.58. The first kappa shape index (κ1) is 17.4. The summed E-state index contributed by atoms with van der Waals surface area (Å²) >= 11 is 6.19. The fourth-order valence-electron chi connectivity index (χ4n) is 3.18. The lowest BCUT2D eigenvalue weighted by atomic mass is 9.98. The second-order valence-corrected chi connectivity index (χ2v) is 6.67. The van der Waals surface area contributed by atoms with E-state index in [-0.39, 0.29) is 5.28 Å². The summed E-state index contributed by atoms with van der Waals surface area (Å²) in [4.78, 5) is 13.3. The van der Waals surface area contributed by atoms with Crippen LogP contribution < -0.4 is 0 Å². The average Bonchev–Trinajstić information content (AvgIpc) is 2.70. The molecule has 4 heteroatoms. The second-order valence-electron chi connectivity index (χ2n) is 6.33. The van der Waals surface area contributed by atoms with Crippen molar-refractivity contribution < 1.29 is 0 Å². The van der Waals surface area contributed by atoms with E-state index in [1.165, 1.54) is 21.9 Å².